The van der Waals surface area contributed by atoms with Crippen LogP contribution in [0.4, 0.5) is 5.82 Å². The molecule has 4 heterocycles. The van der Waals surface area contributed by atoms with Crippen molar-refractivity contribution in [3.05, 3.63) is 41.7 Å². The van der Waals surface area contributed by atoms with Crippen molar-refractivity contribution in [2.75, 3.05) is 44.2 Å². The van der Waals surface area contributed by atoms with Gasteiger partial charge in [0.15, 0.2) is 0 Å². The first-order chi connectivity index (χ1) is 14.5. The molecule has 2 aromatic heterocycles. The van der Waals surface area contributed by atoms with Gasteiger partial charge in [0.1, 0.15) is 5.82 Å². The zero-order valence-electron chi connectivity index (χ0n) is 17.5. The van der Waals surface area contributed by atoms with Gasteiger partial charge >= 0.3 is 0 Å². The van der Waals surface area contributed by atoms with Crippen LogP contribution < -0.4 is 10.2 Å². The van der Waals surface area contributed by atoms with Crippen molar-refractivity contribution in [1.29, 1.82) is 0 Å². The third-order valence-electron chi connectivity index (χ3n) is 5.76. The highest BCUT2D eigenvalue weighted by atomic mass is 16.3. The van der Waals surface area contributed by atoms with Gasteiger partial charge in [-0.25, -0.2) is 4.98 Å². The second kappa shape index (κ2) is 8.83. The average Bonchev–Trinajstić information content (AvgIpc) is 3.25. The van der Waals surface area contributed by atoms with Crippen LogP contribution in [0.5, 0.6) is 0 Å². The summed E-state index contributed by atoms with van der Waals surface area (Å²) < 4.78 is 5.14. The predicted octanol–water partition coefficient (Wildman–Crippen LogP) is 0.726. The van der Waals surface area contributed by atoms with Crippen molar-refractivity contribution in [2.24, 2.45) is 0 Å². The Labute approximate surface area is 176 Å². The molecule has 0 spiro atoms. The van der Waals surface area contributed by atoms with Crippen molar-refractivity contribution in [2.45, 2.75) is 32.9 Å². The number of nitrogens with one attached hydrogen (secondary N) is 1. The molecule has 1 N–H and O–H groups in total. The number of carbonyl (C=O) groups excluding carboxylic acids is 2. The van der Waals surface area contributed by atoms with Gasteiger partial charge in [-0.1, -0.05) is 0 Å². The predicted molar refractivity (Wildman–Crippen MR) is 111 cm³/mol. The Balaban J connectivity index is 1.36. The lowest BCUT2D eigenvalue weighted by Gasteiger charge is -2.38. The summed E-state index contributed by atoms with van der Waals surface area (Å²) in [5, 5.41) is 2.89. The van der Waals surface area contributed by atoms with Gasteiger partial charge in [0, 0.05) is 57.6 Å². The van der Waals surface area contributed by atoms with E-state index in [1.807, 2.05) is 24.8 Å². The molecule has 2 aromatic rings. The Hall–Kier alpha value is -2.94. The Morgan fingerprint density at radius 2 is 2.03 bits per heavy atom. The first kappa shape index (κ1) is 20.3. The number of hydrogen-bond acceptors (Lipinski definition) is 7. The molecule has 2 aliphatic rings. The lowest BCUT2D eigenvalue weighted by atomic mass is 10.1. The lowest BCUT2D eigenvalue weighted by Crippen LogP contribution is -2.57. The van der Waals surface area contributed by atoms with Gasteiger partial charge in [0.05, 0.1) is 36.4 Å². The van der Waals surface area contributed by atoms with E-state index in [1.165, 1.54) is 0 Å². The van der Waals surface area contributed by atoms with E-state index in [4.69, 9.17) is 4.42 Å². The molecule has 0 saturated carbocycles. The molecule has 2 aliphatic heterocycles. The zero-order valence-corrected chi connectivity index (χ0v) is 17.5. The van der Waals surface area contributed by atoms with E-state index in [0.29, 0.717) is 45.8 Å². The highest BCUT2D eigenvalue weighted by Crippen LogP contribution is 2.19. The summed E-state index contributed by atoms with van der Waals surface area (Å²) >= 11 is 0. The van der Waals surface area contributed by atoms with Crippen LogP contribution in [-0.2, 0) is 16.1 Å². The van der Waals surface area contributed by atoms with Crippen LogP contribution in [0.1, 0.15) is 23.4 Å². The van der Waals surface area contributed by atoms with Crippen LogP contribution in [0.3, 0.4) is 0 Å². The number of carbonyl (C=O) groups is 2. The summed E-state index contributed by atoms with van der Waals surface area (Å²) in [5.74, 6) is 0.823. The fourth-order valence-electron chi connectivity index (χ4n) is 4.08. The Kier molecular flexibility index (Phi) is 5.98. The van der Waals surface area contributed by atoms with Crippen LogP contribution >= 0.6 is 0 Å². The first-order valence-electron chi connectivity index (χ1n) is 10.4. The van der Waals surface area contributed by atoms with Crippen LogP contribution in [-0.4, -0.2) is 76.9 Å². The molecular formula is C21H28N6O3. The van der Waals surface area contributed by atoms with E-state index in [0.717, 1.165) is 22.8 Å². The molecular weight excluding hydrogens is 384 g/mol. The van der Waals surface area contributed by atoms with Crippen LogP contribution in [0.15, 0.2) is 29.2 Å². The standard InChI is InChI=1S/C21H28N6O3/c1-15-12-23-16(2)20(24-15)26-8-6-25(7-9-26)19(28)11-18-21(29)22-4-5-27(18)13-17-3-10-30-14-17/h3,10,12,14,18H,4-9,11,13H2,1-2H3,(H,22,29). The topological polar surface area (TPSA) is 94.8 Å². The van der Waals surface area contributed by atoms with Crippen molar-refractivity contribution in [3.63, 3.8) is 0 Å². The largest absolute Gasteiger partial charge is 0.472 e. The minimum Gasteiger partial charge on any atom is -0.472 e. The molecule has 0 aliphatic carbocycles. The zero-order chi connectivity index (χ0) is 21.1. The van der Waals surface area contributed by atoms with Gasteiger partial charge in [0.2, 0.25) is 11.8 Å². The van der Waals surface area contributed by atoms with Gasteiger partial charge in [-0.2, -0.15) is 0 Å². The van der Waals surface area contributed by atoms with Crippen molar-refractivity contribution >= 4 is 17.6 Å². The second-order valence-corrected chi connectivity index (χ2v) is 7.90. The number of amides is 2. The van der Waals surface area contributed by atoms with Crippen LogP contribution in [0.25, 0.3) is 0 Å². The maximum atomic E-state index is 13.0. The molecule has 2 saturated heterocycles. The summed E-state index contributed by atoms with van der Waals surface area (Å²) in [7, 11) is 0. The normalized spacial score (nSPS) is 20.3. The first-order valence-corrected chi connectivity index (χ1v) is 10.4. The molecule has 1 unspecified atom stereocenters. The number of aromatic nitrogens is 2. The number of aryl methyl sites for hydroxylation is 2. The molecule has 0 radical (unpaired) electrons. The highest BCUT2D eigenvalue weighted by molar-refractivity contribution is 5.89. The van der Waals surface area contributed by atoms with Gasteiger partial charge in [-0.15, -0.1) is 0 Å². The van der Waals surface area contributed by atoms with Crippen molar-refractivity contribution in [3.8, 4) is 0 Å². The molecule has 0 aromatic carbocycles. The van der Waals surface area contributed by atoms with Crippen molar-refractivity contribution < 1.29 is 14.0 Å². The Morgan fingerprint density at radius 3 is 2.77 bits per heavy atom. The smallest absolute Gasteiger partial charge is 0.237 e. The highest BCUT2D eigenvalue weighted by Gasteiger charge is 2.34. The summed E-state index contributed by atoms with van der Waals surface area (Å²) in [5.41, 5.74) is 2.79. The van der Waals surface area contributed by atoms with E-state index in [9.17, 15) is 9.59 Å². The molecule has 0 bridgehead atoms. The van der Waals surface area contributed by atoms with E-state index in [1.54, 1.807) is 18.7 Å². The molecule has 9 nitrogen and oxygen atoms in total. The minimum atomic E-state index is -0.455. The second-order valence-electron chi connectivity index (χ2n) is 7.90. The number of piperazine rings is 2. The summed E-state index contributed by atoms with van der Waals surface area (Å²) in [4.78, 5) is 40.6. The van der Waals surface area contributed by atoms with Crippen molar-refractivity contribution in [1.82, 2.24) is 25.1 Å². The number of nitrogens with zero attached hydrogens (tertiary/aromatic N) is 5. The molecule has 9 heteroatoms. The average molecular weight is 412 g/mol. The van der Waals surface area contributed by atoms with Gasteiger partial charge in [-0.3, -0.25) is 19.5 Å². The fourth-order valence-corrected chi connectivity index (χ4v) is 4.08. The summed E-state index contributed by atoms with van der Waals surface area (Å²) in [6, 6.07) is 1.44. The number of furan rings is 1. The van der Waals surface area contributed by atoms with Crippen LogP contribution in [0.2, 0.25) is 0 Å². The van der Waals surface area contributed by atoms with Crippen LogP contribution in [0, 0.1) is 13.8 Å². The molecule has 1 atom stereocenters. The lowest BCUT2D eigenvalue weighted by molar-refractivity contribution is -0.139. The molecule has 2 fully saturated rings. The SMILES string of the molecule is Cc1cnc(C)c(N2CCN(C(=O)CC3C(=O)NCCN3Cc3ccoc3)CC2)n1. The summed E-state index contributed by atoms with van der Waals surface area (Å²) in [6.07, 6.45) is 5.26. The number of hydrogen-bond donors (Lipinski definition) is 1. The third kappa shape index (κ3) is 4.46. The number of anilines is 1. The summed E-state index contributed by atoms with van der Waals surface area (Å²) in [6.45, 7) is 8.44. The maximum Gasteiger partial charge on any atom is 0.237 e. The minimum absolute atomic E-state index is 0.0148. The van der Waals surface area contributed by atoms with E-state index in [2.05, 4.69) is 25.1 Å². The van der Waals surface area contributed by atoms with E-state index in [-0.39, 0.29) is 18.2 Å². The fraction of sp³-hybridized carbons (Fsp3) is 0.524. The third-order valence-corrected chi connectivity index (χ3v) is 5.76. The van der Waals surface area contributed by atoms with Gasteiger partial charge in [0.25, 0.3) is 0 Å². The molecule has 2 amide bonds. The molecule has 160 valence electrons. The maximum absolute atomic E-state index is 13.0. The van der Waals surface area contributed by atoms with E-state index >= 15 is 0 Å². The number of rotatable bonds is 5. The Morgan fingerprint density at radius 1 is 1.23 bits per heavy atom. The van der Waals surface area contributed by atoms with Gasteiger partial charge < -0.3 is 19.5 Å². The van der Waals surface area contributed by atoms with Gasteiger partial charge in [-0.05, 0) is 19.9 Å². The molecule has 30 heavy (non-hydrogen) atoms. The van der Waals surface area contributed by atoms with E-state index < -0.39 is 6.04 Å². The quantitative estimate of drug-likeness (QED) is 0.773. The Bertz CT molecular complexity index is 892. The monoisotopic (exact) mass is 412 g/mol. The molecule has 4 rings (SSSR count).